The minimum atomic E-state index is -1.13. The quantitative estimate of drug-likeness (QED) is 0.308. The molecule has 0 fully saturated rings. The predicted octanol–water partition coefficient (Wildman–Crippen LogP) is 4.54. The van der Waals surface area contributed by atoms with E-state index in [1.54, 1.807) is 27.8 Å². The largest absolute Gasteiger partial charge is 0.449 e. The van der Waals surface area contributed by atoms with Gasteiger partial charge in [0.2, 0.25) is 5.43 Å². The van der Waals surface area contributed by atoms with Gasteiger partial charge in [-0.15, -0.1) is 0 Å². The average Bonchev–Trinajstić information content (AvgIpc) is 3.25. The summed E-state index contributed by atoms with van der Waals surface area (Å²) in [6.07, 6.45) is 4.98. The van der Waals surface area contributed by atoms with Crippen molar-refractivity contribution >= 4 is 19.9 Å². The molecule has 0 saturated heterocycles. The lowest BCUT2D eigenvalue weighted by molar-refractivity contribution is 0.0786. The highest BCUT2D eigenvalue weighted by atomic mass is 28.3. The monoisotopic (exact) mass is 497 g/mol. The lowest BCUT2D eigenvalue weighted by Gasteiger charge is -2.15. The molecule has 9 nitrogen and oxygen atoms in total. The zero-order valence-corrected chi connectivity index (χ0v) is 22.2. The van der Waals surface area contributed by atoms with Crippen molar-refractivity contribution in [1.29, 1.82) is 0 Å². The normalized spacial score (nSPS) is 11.6. The van der Waals surface area contributed by atoms with Gasteiger partial charge in [-0.05, 0) is 29.7 Å². The lowest BCUT2D eigenvalue weighted by atomic mass is 10.1. The van der Waals surface area contributed by atoms with Gasteiger partial charge >= 0.3 is 6.09 Å². The van der Waals surface area contributed by atoms with Crippen LogP contribution in [0.2, 0.25) is 25.7 Å². The number of amides is 1. The molecule has 1 amide bonds. The van der Waals surface area contributed by atoms with Crippen LogP contribution in [0.4, 0.5) is 10.5 Å². The number of carbonyl (C=O) groups excluding carboxylic acids is 1. The minimum absolute atomic E-state index is 0.155. The summed E-state index contributed by atoms with van der Waals surface area (Å²) in [6.45, 7) is 12.3. The van der Waals surface area contributed by atoms with E-state index in [9.17, 15) is 9.59 Å². The number of aromatic nitrogens is 4. The van der Waals surface area contributed by atoms with Crippen molar-refractivity contribution in [3.8, 4) is 5.69 Å². The van der Waals surface area contributed by atoms with Crippen LogP contribution in [0.1, 0.15) is 25.1 Å². The van der Waals surface area contributed by atoms with Crippen LogP contribution in [0.5, 0.6) is 0 Å². The summed E-state index contributed by atoms with van der Waals surface area (Å²) in [7, 11) is -1.13. The molecule has 3 rings (SSSR count). The third kappa shape index (κ3) is 8.80. The van der Waals surface area contributed by atoms with Gasteiger partial charge in [0.1, 0.15) is 18.1 Å². The first-order valence-corrected chi connectivity index (χ1v) is 15.5. The van der Waals surface area contributed by atoms with Crippen LogP contribution < -0.4 is 10.7 Å². The van der Waals surface area contributed by atoms with Crippen LogP contribution in [-0.2, 0) is 22.6 Å². The fourth-order valence-corrected chi connectivity index (χ4v) is 3.90. The summed E-state index contributed by atoms with van der Waals surface area (Å²) in [4.78, 5) is 24.4. The van der Waals surface area contributed by atoms with Crippen LogP contribution in [0.15, 0.2) is 53.7 Å². The Morgan fingerprint density at radius 1 is 1.20 bits per heavy atom. The number of hydrogen-bond donors (Lipinski definition) is 1. The van der Waals surface area contributed by atoms with E-state index in [0.717, 1.165) is 17.3 Å². The molecule has 2 heterocycles. The van der Waals surface area contributed by atoms with Crippen molar-refractivity contribution < 1.29 is 14.3 Å². The van der Waals surface area contributed by atoms with Gasteiger partial charge in [0, 0.05) is 39.1 Å². The highest BCUT2D eigenvalue weighted by Crippen LogP contribution is 2.14. The van der Waals surface area contributed by atoms with Crippen molar-refractivity contribution in [2.45, 2.75) is 52.7 Å². The molecule has 0 radical (unpaired) electrons. The molecular formula is C25H35N5O4Si. The summed E-state index contributed by atoms with van der Waals surface area (Å²) in [5.41, 5.74) is 2.43. The fraction of sp³-hybridized carbons (Fsp3) is 0.440. The predicted molar refractivity (Wildman–Crippen MR) is 139 cm³/mol. The van der Waals surface area contributed by atoms with Gasteiger partial charge in [-0.2, -0.15) is 10.2 Å². The Bertz CT molecular complexity index is 1180. The number of benzene rings is 1. The minimum Gasteiger partial charge on any atom is -0.449 e. The van der Waals surface area contributed by atoms with E-state index >= 15 is 0 Å². The van der Waals surface area contributed by atoms with Gasteiger partial charge in [-0.3, -0.25) is 10.1 Å². The van der Waals surface area contributed by atoms with Crippen molar-refractivity contribution in [1.82, 2.24) is 19.6 Å². The first-order valence-electron chi connectivity index (χ1n) is 11.8. The number of hydrogen-bond acceptors (Lipinski definition) is 6. The van der Waals surface area contributed by atoms with E-state index in [1.807, 2.05) is 38.2 Å². The van der Waals surface area contributed by atoms with E-state index in [-0.39, 0.29) is 11.3 Å². The third-order valence-electron chi connectivity index (χ3n) is 5.08. The number of anilines is 1. The Balaban J connectivity index is 1.65. The summed E-state index contributed by atoms with van der Waals surface area (Å²) in [5.74, 6) is 0.257. The Morgan fingerprint density at radius 3 is 2.74 bits per heavy atom. The second kappa shape index (κ2) is 11.9. The molecular weight excluding hydrogens is 462 g/mol. The molecule has 0 saturated carbocycles. The van der Waals surface area contributed by atoms with Gasteiger partial charge in [0.15, 0.2) is 0 Å². The molecule has 0 aliphatic carbocycles. The summed E-state index contributed by atoms with van der Waals surface area (Å²) in [6, 6.07) is 9.89. The SMILES string of the molecule is CC(C)COC(=O)Nc1cccc(Cc2nn(-c3cnn(COCC[Si](C)(C)C)c3)ccc2=O)c1. The van der Waals surface area contributed by atoms with Crippen LogP contribution >= 0.6 is 0 Å². The van der Waals surface area contributed by atoms with E-state index in [1.165, 1.54) is 6.07 Å². The van der Waals surface area contributed by atoms with Crippen LogP contribution in [0, 0.1) is 5.92 Å². The third-order valence-corrected chi connectivity index (χ3v) is 6.78. The number of ether oxygens (including phenoxy) is 2. The molecule has 1 aromatic carbocycles. The molecule has 0 aliphatic rings. The topological polar surface area (TPSA) is 100 Å². The number of rotatable bonds is 11. The molecule has 3 aromatic rings. The lowest BCUT2D eigenvalue weighted by Crippen LogP contribution is -2.22. The van der Waals surface area contributed by atoms with E-state index in [4.69, 9.17) is 9.47 Å². The Hall–Kier alpha value is -3.24. The zero-order chi connectivity index (χ0) is 25.4. The van der Waals surface area contributed by atoms with E-state index in [2.05, 4.69) is 35.2 Å². The molecule has 35 heavy (non-hydrogen) atoms. The molecule has 2 aromatic heterocycles. The number of nitrogens with zero attached hydrogens (tertiary/aromatic N) is 4. The summed E-state index contributed by atoms with van der Waals surface area (Å²) < 4.78 is 14.3. The average molecular weight is 498 g/mol. The van der Waals surface area contributed by atoms with Crippen LogP contribution in [0.3, 0.4) is 0 Å². The number of carbonyl (C=O) groups is 1. The maximum atomic E-state index is 12.5. The van der Waals surface area contributed by atoms with Crippen LogP contribution in [-0.4, -0.2) is 46.9 Å². The smallest absolute Gasteiger partial charge is 0.411 e. The molecule has 0 spiro atoms. The summed E-state index contributed by atoms with van der Waals surface area (Å²) in [5, 5.41) is 11.6. The maximum absolute atomic E-state index is 12.5. The molecule has 0 atom stereocenters. The van der Waals surface area contributed by atoms with Crippen LogP contribution in [0.25, 0.3) is 5.69 Å². The Kier molecular flexibility index (Phi) is 8.99. The van der Waals surface area contributed by atoms with Crippen molar-refractivity contribution in [3.63, 3.8) is 0 Å². The number of nitrogens with one attached hydrogen (secondary N) is 1. The molecule has 0 aliphatic heterocycles. The Morgan fingerprint density at radius 2 is 2.00 bits per heavy atom. The van der Waals surface area contributed by atoms with Gasteiger partial charge in [-0.25, -0.2) is 14.2 Å². The van der Waals surface area contributed by atoms with E-state index in [0.29, 0.717) is 37.7 Å². The van der Waals surface area contributed by atoms with Crippen molar-refractivity contribution in [2.75, 3.05) is 18.5 Å². The van der Waals surface area contributed by atoms with Gasteiger partial charge < -0.3 is 9.47 Å². The second-order valence-corrected chi connectivity index (χ2v) is 15.8. The molecule has 1 N–H and O–H groups in total. The second-order valence-electron chi connectivity index (χ2n) is 10.2. The first-order chi connectivity index (χ1) is 16.6. The highest BCUT2D eigenvalue weighted by Gasteiger charge is 2.12. The fourth-order valence-electron chi connectivity index (χ4n) is 3.14. The first kappa shape index (κ1) is 26.4. The van der Waals surface area contributed by atoms with Gasteiger partial charge in [-0.1, -0.05) is 45.6 Å². The van der Waals surface area contributed by atoms with Crippen molar-refractivity contribution in [3.05, 3.63) is 70.4 Å². The maximum Gasteiger partial charge on any atom is 0.411 e. The molecule has 0 unspecified atom stereocenters. The standard InChI is InChI=1S/C25H35N5O4Si/c1-19(2)17-34-25(32)27-21-8-6-7-20(13-21)14-23-24(31)9-10-30(28-23)22-15-26-29(16-22)18-33-11-12-35(3,4)5/h6-10,13,15-16,19H,11-12,14,17-18H2,1-5H3,(H,27,32). The van der Waals surface area contributed by atoms with Crippen molar-refractivity contribution in [2.24, 2.45) is 5.92 Å². The molecule has 188 valence electrons. The molecule has 0 bridgehead atoms. The van der Waals surface area contributed by atoms with Gasteiger partial charge in [0.25, 0.3) is 0 Å². The highest BCUT2D eigenvalue weighted by molar-refractivity contribution is 6.76. The van der Waals surface area contributed by atoms with E-state index < -0.39 is 14.2 Å². The van der Waals surface area contributed by atoms with Gasteiger partial charge in [0.05, 0.1) is 19.0 Å². The summed E-state index contributed by atoms with van der Waals surface area (Å²) >= 11 is 0. The Labute approximate surface area is 207 Å². The molecule has 10 heteroatoms. The zero-order valence-electron chi connectivity index (χ0n) is 21.2.